The fourth-order valence-corrected chi connectivity index (χ4v) is 7.25. The molecule has 9 aromatic rings. The molecule has 4 heterocycles. The molecule has 48 heavy (non-hydrogen) atoms. The zero-order chi connectivity index (χ0) is 32.4. The second-order valence-electron chi connectivity index (χ2n) is 13.6. The summed E-state index contributed by atoms with van der Waals surface area (Å²) in [6.07, 6.45) is 3.81. The second kappa shape index (κ2) is 10.8. The van der Waals surface area contributed by atoms with Crippen molar-refractivity contribution in [3.05, 3.63) is 157 Å². The van der Waals surface area contributed by atoms with E-state index in [0.717, 1.165) is 44.8 Å². The van der Waals surface area contributed by atoms with Gasteiger partial charge in [0.2, 0.25) is 0 Å². The number of benzene rings is 5. The largest absolute Gasteiger partial charge is 0.309 e. The Morgan fingerprint density at radius 2 is 1.19 bits per heavy atom. The molecule has 0 saturated heterocycles. The van der Waals surface area contributed by atoms with Gasteiger partial charge in [0.1, 0.15) is 5.82 Å². The molecule has 0 atom stereocenters. The van der Waals surface area contributed by atoms with E-state index >= 15 is 0 Å². The minimum atomic E-state index is 0.00631. The zero-order valence-electron chi connectivity index (χ0n) is 27.2. The smallest absolute Gasteiger partial charge is 0.137 e. The molecule has 0 saturated carbocycles. The van der Waals surface area contributed by atoms with Crippen molar-refractivity contribution < 1.29 is 0 Å². The fraction of sp³-hybridized carbons (Fsp3) is 0.0909. The molecule has 0 aliphatic carbocycles. The number of rotatable bonds is 4. The van der Waals surface area contributed by atoms with Gasteiger partial charge in [-0.25, -0.2) is 4.98 Å². The predicted octanol–water partition coefficient (Wildman–Crippen LogP) is 11.3. The second-order valence-corrected chi connectivity index (χ2v) is 13.6. The maximum absolute atomic E-state index is 4.93. The van der Waals surface area contributed by atoms with Crippen molar-refractivity contribution in [1.29, 1.82) is 0 Å². The third-order valence-electron chi connectivity index (χ3n) is 9.57. The lowest BCUT2D eigenvalue weighted by molar-refractivity contribution is 0.588. The quantitative estimate of drug-likeness (QED) is 0.197. The highest BCUT2D eigenvalue weighted by molar-refractivity contribution is 6.17. The Balaban J connectivity index is 1.38. The van der Waals surface area contributed by atoms with Crippen molar-refractivity contribution in [2.24, 2.45) is 0 Å². The minimum absolute atomic E-state index is 0.00631. The van der Waals surface area contributed by atoms with E-state index in [0.29, 0.717) is 0 Å². The highest BCUT2D eigenvalue weighted by Crippen LogP contribution is 2.42. The summed E-state index contributed by atoms with van der Waals surface area (Å²) in [5, 5.41) is 4.88. The molecule has 0 aliphatic rings. The molecule has 0 unspecified atom stereocenters. The molecule has 9 rings (SSSR count). The van der Waals surface area contributed by atoms with Crippen LogP contribution in [0.3, 0.4) is 0 Å². The molecule has 4 heteroatoms. The Morgan fingerprint density at radius 3 is 1.96 bits per heavy atom. The van der Waals surface area contributed by atoms with Gasteiger partial charge < -0.3 is 4.57 Å². The first-order valence-corrected chi connectivity index (χ1v) is 16.5. The van der Waals surface area contributed by atoms with Crippen LogP contribution in [-0.4, -0.2) is 19.1 Å². The summed E-state index contributed by atoms with van der Waals surface area (Å²) in [7, 11) is 0. The Kier molecular flexibility index (Phi) is 6.34. The Morgan fingerprint density at radius 1 is 0.479 bits per heavy atom. The normalized spacial score (nSPS) is 12.1. The molecule has 0 radical (unpaired) electrons. The van der Waals surface area contributed by atoms with Gasteiger partial charge in [-0.1, -0.05) is 99.6 Å². The van der Waals surface area contributed by atoms with Crippen molar-refractivity contribution >= 4 is 43.6 Å². The lowest BCUT2D eigenvalue weighted by atomic mass is 9.88. The molecule has 0 bridgehead atoms. The topological polar surface area (TPSA) is 35.6 Å². The highest BCUT2D eigenvalue weighted by atomic mass is 15.1. The third kappa shape index (κ3) is 4.44. The van der Waals surface area contributed by atoms with Gasteiger partial charge in [0.25, 0.3) is 0 Å². The summed E-state index contributed by atoms with van der Waals surface area (Å²) in [6.45, 7) is 6.75. The molecule has 4 nitrogen and oxygen atoms in total. The van der Waals surface area contributed by atoms with E-state index in [1.54, 1.807) is 0 Å². The molecular weight excluding hydrogens is 585 g/mol. The Labute approximate surface area is 279 Å². The molecule has 5 aromatic carbocycles. The van der Waals surface area contributed by atoms with Crippen molar-refractivity contribution in [3.63, 3.8) is 0 Å². The van der Waals surface area contributed by atoms with Crippen LogP contribution in [-0.2, 0) is 5.41 Å². The van der Waals surface area contributed by atoms with Crippen LogP contribution in [0.5, 0.6) is 0 Å². The monoisotopic (exact) mass is 618 g/mol. The average molecular weight is 619 g/mol. The molecule has 0 aliphatic heterocycles. The number of aromatic nitrogens is 4. The van der Waals surface area contributed by atoms with Gasteiger partial charge in [-0.15, -0.1) is 0 Å². The summed E-state index contributed by atoms with van der Waals surface area (Å²) in [6, 6.07) is 50.1. The van der Waals surface area contributed by atoms with Crippen LogP contribution in [0.4, 0.5) is 0 Å². The maximum atomic E-state index is 4.93. The molecular formula is C44H34N4. The average Bonchev–Trinajstić information content (AvgIpc) is 3.64. The molecule has 0 N–H and O–H groups in total. The summed E-state index contributed by atoms with van der Waals surface area (Å²) in [5.74, 6) is 0.928. The molecule has 0 amide bonds. The van der Waals surface area contributed by atoms with Crippen LogP contribution in [0.1, 0.15) is 26.3 Å². The maximum Gasteiger partial charge on any atom is 0.137 e. The molecule has 0 fully saturated rings. The number of para-hydroxylation sites is 2. The van der Waals surface area contributed by atoms with Crippen LogP contribution in [0, 0.1) is 0 Å². The van der Waals surface area contributed by atoms with Crippen molar-refractivity contribution in [2.75, 3.05) is 0 Å². The summed E-state index contributed by atoms with van der Waals surface area (Å²) in [4.78, 5) is 9.69. The summed E-state index contributed by atoms with van der Waals surface area (Å²) >= 11 is 0. The first-order chi connectivity index (χ1) is 23.5. The Bertz CT molecular complexity index is 2640. The van der Waals surface area contributed by atoms with Gasteiger partial charge in [0.15, 0.2) is 0 Å². The summed E-state index contributed by atoms with van der Waals surface area (Å²) in [5.41, 5.74) is 11.4. The van der Waals surface area contributed by atoms with Crippen LogP contribution in [0.2, 0.25) is 0 Å². The number of hydrogen-bond donors (Lipinski definition) is 0. The van der Waals surface area contributed by atoms with E-state index in [-0.39, 0.29) is 5.41 Å². The predicted molar refractivity (Wildman–Crippen MR) is 200 cm³/mol. The van der Waals surface area contributed by atoms with E-state index in [4.69, 9.17) is 9.97 Å². The zero-order valence-corrected chi connectivity index (χ0v) is 27.2. The number of hydrogen-bond acceptors (Lipinski definition) is 2. The van der Waals surface area contributed by atoms with E-state index in [1.807, 2.05) is 18.5 Å². The molecule has 4 aromatic heterocycles. The van der Waals surface area contributed by atoms with Crippen molar-refractivity contribution in [3.8, 4) is 33.9 Å². The minimum Gasteiger partial charge on any atom is -0.309 e. The van der Waals surface area contributed by atoms with E-state index in [1.165, 1.54) is 38.2 Å². The molecule has 230 valence electrons. The van der Waals surface area contributed by atoms with Gasteiger partial charge in [-0.3, -0.25) is 9.55 Å². The van der Waals surface area contributed by atoms with E-state index < -0.39 is 0 Å². The lowest BCUT2D eigenvalue weighted by Crippen LogP contribution is -2.12. The standard InChI is InChI=1S/C44H34N4/c1-44(2,3)31-22-24-46-42(27-31)48-38-18-9-7-15-33(38)34-21-20-32(28-40(34)48)47-39-19-10-8-16-35(39)43-36(29-13-5-4-6-14-29)25-30(26-41(43)47)37-17-11-12-23-45-37/h4-28H,1-3H3. The first kappa shape index (κ1) is 28.2. The lowest BCUT2D eigenvalue weighted by Gasteiger charge is -2.20. The van der Waals surface area contributed by atoms with Crippen LogP contribution in [0.25, 0.3) is 77.5 Å². The van der Waals surface area contributed by atoms with Crippen molar-refractivity contribution in [2.45, 2.75) is 26.2 Å². The van der Waals surface area contributed by atoms with Gasteiger partial charge in [0, 0.05) is 45.2 Å². The van der Waals surface area contributed by atoms with Gasteiger partial charge in [-0.05, 0) is 82.8 Å². The van der Waals surface area contributed by atoms with E-state index in [2.05, 4.69) is 163 Å². The number of pyridine rings is 2. The van der Waals surface area contributed by atoms with Crippen LogP contribution < -0.4 is 0 Å². The third-order valence-corrected chi connectivity index (χ3v) is 9.57. The van der Waals surface area contributed by atoms with Gasteiger partial charge in [-0.2, -0.15) is 0 Å². The van der Waals surface area contributed by atoms with Crippen molar-refractivity contribution in [1.82, 2.24) is 19.1 Å². The SMILES string of the molecule is CC(C)(C)c1ccnc(-n2c3ccccc3c3ccc(-n4c5ccccc5c5c(-c6ccccc6)cc(-c6ccccn6)cc54)cc32)c1. The van der Waals surface area contributed by atoms with Crippen LogP contribution in [0.15, 0.2) is 152 Å². The number of nitrogens with zero attached hydrogens (tertiary/aromatic N) is 4. The fourth-order valence-electron chi connectivity index (χ4n) is 7.25. The number of fused-ring (bicyclic) bond motifs is 6. The highest BCUT2D eigenvalue weighted by Gasteiger charge is 2.21. The van der Waals surface area contributed by atoms with E-state index in [9.17, 15) is 0 Å². The van der Waals surface area contributed by atoms with Crippen LogP contribution >= 0.6 is 0 Å². The van der Waals surface area contributed by atoms with Gasteiger partial charge in [0.05, 0.1) is 27.8 Å². The first-order valence-electron chi connectivity index (χ1n) is 16.5. The Hall–Kier alpha value is -6.00. The molecule has 0 spiro atoms. The van der Waals surface area contributed by atoms with Gasteiger partial charge >= 0.3 is 0 Å². The summed E-state index contributed by atoms with van der Waals surface area (Å²) < 4.78 is 4.75.